The number of fused-ring (bicyclic) bond motifs is 1. The van der Waals surface area contributed by atoms with Crippen LogP contribution in [0, 0.1) is 6.92 Å². The van der Waals surface area contributed by atoms with Gasteiger partial charge in [0.2, 0.25) is 11.4 Å². The molecular weight excluding hydrogens is 356 g/mol. The molecule has 3 aromatic carbocycles. The van der Waals surface area contributed by atoms with Gasteiger partial charge in [-0.2, -0.15) is 4.58 Å². The predicted molar refractivity (Wildman–Crippen MR) is 109 cm³/mol. The van der Waals surface area contributed by atoms with Crippen molar-refractivity contribution in [3.8, 4) is 11.3 Å². The van der Waals surface area contributed by atoms with Gasteiger partial charge in [-0.05, 0) is 49.4 Å². The maximum atomic E-state index is 6.01. The standard InChI is InChI=1S/C23H16ClN2O/c1-15-2-9-19(10-3-15)26-13-12-22(26)17-6-11-21-20(14-17)23(27-25-21)16-4-7-18(24)8-5-16/h2-14H,1H3/q+1. The molecule has 0 bridgehead atoms. The fraction of sp³-hybridized carbons (Fsp3) is 0.0435. The first-order valence-electron chi connectivity index (χ1n) is 8.76. The third-order valence-electron chi connectivity index (χ3n) is 4.83. The Bertz CT molecular complexity index is 1220. The first-order chi connectivity index (χ1) is 13.2. The average Bonchev–Trinajstić information content (AvgIpc) is 3.07. The summed E-state index contributed by atoms with van der Waals surface area (Å²) in [5.41, 5.74) is 6.50. The highest BCUT2D eigenvalue weighted by Gasteiger charge is 2.24. The number of aryl methyl sites for hydroxylation is 1. The van der Waals surface area contributed by atoms with Gasteiger partial charge < -0.3 is 4.52 Å². The van der Waals surface area contributed by atoms with E-state index < -0.39 is 0 Å². The van der Waals surface area contributed by atoms with E-state index in [0.717, 1.165) is 39.2 Å². The number of allylic oxidation sites excluding steroid dienone is 1. The van der Waals surface area contributed by atoms with Gasteiger partial charge in [0.25, 0.3) is 0 Å². The molecule has 130 valence electrons. The van der Waals surface area contributed by atoms with Crippen LogP contribution in [0.5, 0.6) is 0 Å². The number of rotatable bonds is 3. The highest BCUT2D eigenvalue weighted by Crippen LogP contribution is 2.31. The second kappa shape index (κ2) is 6.22. The van der Waals surface area contributed by atoms with E-state index in [1.165, 1.54) is 5.56 Å². The van der Waals surface area contributed by atoms with Crippen molar-refractivity contribution in [2.24, 2.45) is 0 Å². The van der Waals surface area contributed by atoms with E-state index in [1.54, 1.807) is 0 Å². The average molecular weight is 372 g/mol. The summed E-state index contributed by atoms with van der Waals surface area (Å²) >= 11 is 6.01. The summed E-state index contributed by atoms with van der Waals surface area (Å²) in [5.74, 6) is 0.759. The molecule has 0 atom stereocenters. The van der Waals surface area contributed by atoms with Crippen molar-refractivity contribution in [3.63, 3.8) is 0 Å². The molecule has 0 N–H and O–H groups in total. The second-order valence-corrected chi connectivity index (χ2v) is 7.09. The molecule has 4 aromatic rings. The Morgan fingerprint density at radius 2 is 1.63 bits per heavy atom. The molecule has 0 fully saturated rings. The summed E-state index contributed by atoms with van der Waals surface area (Å²) in [6.45, 7) is 2.10. The monoisotopic (exact) mass is 371 g/mol. The molecule has 1 aliphatic heterocycles. The molecule has 0 aliphatic carbocycles. The van der Waals surface area contributed by atoms with Gasteiger partial charge in [-0.3, -0.25) is 0 Å². The van der Waals surface area contributed by atoms with Gasteiger partial charge in [-0.1, -0.05) is 34.5 Å². The molecule has 1 aromatic heterocycles. The third kappa shape index (κ3) is 2.77. The number of aromatic nitrogens is 1. The van der Waals surface area contributed by atoms with Crippen LogP contribution in [0.15, 0.2) is 83.5 Å². The van der Waals surface area contributed by atoms with Crippen molar-refractivity contribution in [2.45, 2.75) is 6.92 Å². The molecular formula is C23H16ClN2O+. The molecule has 2 heterocycles. The normalized spacial score (nSPS) is 13.3. The van der Waals surface area contributed by atoms with Gasteiger partial charge in [0.15, 0.2) is 12.0 Å². The maximum Gasteiger partial charge on any atom is 0.224 e. The molecule has 0 saturated carbocycles. The molecule has 5 rings (SSSR count). The van der Waals surface area contributed by atoms with Gasteiger partial charge in [-0.25, -0.2) is 0 Å². The Morgan fingerprint density at radius 1 is 0.889 bits per heavy atom. The van der Waals surface area contributed by atoms with E-state index >= 15 is 0 Å². The third-order valence-corrected chi connectivity index (χ3v) is 5.08. The number of benzene rings is 3. The Balaban J connectivity index is 1.60. The van der Waals surface area contributed by atoms with Crippen LogP contribution < -0.4 is 0 Å². The van der Waals surface area contributed by atoms with Gasteiger partial charge in [0.05, 0.1) is 11.5 Å². The van der Waals surface area contributed by atoms with Crippen LogP contribution >= 0.6 is 11.6 Å². The number of hydrogen-bond acceptors (Lipinski definition) is 2. The highest BCUT2D eigenvalue weighted by atomic mass is 35.5. The van der Waals surface area contributed by atoms with Crippen molar-refractivity contribution >= 4 is 33.9 Å². The van der Waals surface area contributed by atoms with Crippen LogP contribution in [0.1, 0.15) is 11.1 Å². The molecule has 0 saturated heterocycles. The predicted octanol–water partition coefficient (Wildman–Crippen LogP) is 6.12. The van der Waals surface area contributed by atoms with Gasteiger partial charge in [0.1, 0.15) is 5.52 Å². The fourth-order valence-corrected chi connectivity index (χ4v) is 3.43. The lowest BCUT2D eigenvalue weighted by atomic mass is 10.0. The van der Waals surface area contributed by atoms with Crippen molar-refractivity contribution in [3.05, 3.63) is 95.2 Å². The van der Waals surface area contributed by atoms with E-state index in [2.05, 4.69) is 65.3 Å². The Hall–Kier alpha value is -3.17. The first-order valence-corrected chi connectivity index (χ1v) is 9.14. The zero-order valence-corrected chi connectivity index (χ0v) is 15.4. The number of halogens is 1. The van der Waals surface area contributed by atoms with E-state index in [1.807, 2.05) is 30.3 Å². The first kappa shape index (κ1) is 16.0. The van der Waals surface area contributed by atoms with Crippen molar-refractivity contribution in [1.29, 1.82) is 0 Å². The largest absolute Gasteiger partial charge is 0.355 e. The molecule has 27 heavy (non-hydrogen) atoms. The minimum absolute atomic E-state index is 0.701. The van der Waals surface area contributed by atoms with Crippen LogP contribution in [-0.2, 0) is 0 Å². The second-order valence-electron chi connectivity index (χ2n) is 6.66. The maximum absolute atomic E-state index is 6.01. The van der Waals surface area contributed by atoms with E-state index in [4.69, 9.17) is 16.1 Å². The number of nitrogens with zero attached hydrogens (tertiary/aromatic N) is 2. The summed E-state index contributed by atoms with van der Waals surface area (Å²) in [6.07, 6.45) is 4.20. The lowest BCUT2D eigenvalue weighted by Crippen LogP contribution is -2.19. The SMILES string of the molecule is Cc1ccc([N+]2=C(c3ccc4noc(-c5ccc(Cl)cc5)c4c3)C=C2)cc1. The van der Waals surface area contributed by atoms with Crippen LogP contribution in [0.4, 0.5) is 5.69 Å². The summed E-state index contributed by atoms with van der Waals surface area (Å²) in [6, 6.07) is 22.4. The smallest absolute Gasteiger partial charge is 0.224 e. The van der Waals surface area contributed by atoms with Gasteiger partial charge in [-0.15, -0.1) is 0 Å². The molecule has 0 spiro atoms. The lowest BCUT2D eigenvalue weighted by Gasteiger charge is -2.09. The quantitative estimate of drug-likeness (QED) is 0.406. The highest BCUT2D eigenvalue weighted by molar-refractivity contribution is 6.30. The minimum atomic E-state index is 0.701. The molecule has 0 radical (unpaired) electrons. The van der Waals surface area contributed by atoms with Crippen LogP contribution in [0.3, 0.4) is 0 Å². The molecule has 0 unspecified atom stereocenters. The Labute approximate surface area is 161 Å². The van der Waals surface area contributed by atoms with Crippen LogP contribution in [0.2, 0.25) is 5.02 Å². The molecule has 4 heteroatoms. The summed E-state index contributed by atoms with van der Waals surface area (Å²) in [4.78, 5) is 0. The van der Waals surface area contributed by atoms with Crippen molar-refractivity contribution in [1.82, 2.24) is 5.16 Å². The zero-order valence-electron chi connectivity index (χ0n) is 14.7. The lowest BCUT2D eigenvalue weighted by molar-refractivity contribution is -0.370. The van der Waals surface area contributed by atoms with Crippen LogP contribution in [-0.4, -0.2) is 15.4 Å². The molecule has 1 aliphatic rings. The topological polar surface area (TPSA) is 29.0 Å². The van der Waals surface area contributed by atoms with Crippen LogP contribution in [0.25, 0.3) is 22.2 Å². The fourth-order valence-electron chi connectivity index (χ4n) is 3.30. The summed E-state index contributed by atoms with van der Waals surface area (Å²) in [5, 5.41) is 5.89. The minimum Gasteiger partial charge on any atom is -0.355 e. The van der Waals surface area contributed by atoms with Gasteiger partial charge in [0, 0.05) is 28.3 Å². The molecule has 3 nitrogen and oxygen atoms in total. The zero-order chi connectivity index (χ0) is 18.4. The Morgan fingerprint density at radius 3 is 2.33 bits per heavy atom. The molecule has 0 amide bonds. The van der Waals surface area contributed by atoms with Gasteiger partial charge >= 0.3 is 0 Å². The van der Waals surface area contributed by atoms with E-state index in [0.29, 0.717) is 5.02 Å². The van der Waals surface area contributed by atoms with Crippen molar-refractivity contribution < 1.29 is 9.10 Å². The summed E-state index contributed by atoms with van der Waals surface area (Å²) in [7, 11) is 0. The van der Waals surface area contributed by atoms with Crippen molar-refractivity contribution in [2.75, 3.05) is 0 Å². The summed E-state index contributed by atoms with van der Waals surface area (Å²) < 4.78 is 7.81. The van der Waals surface area contributed by atoms with E-state index in [9.17, 15) is 0 Å². The van der Waals surface area contributed by atoms with E-state index in [-0.39, 0.29) is 0 Å². The Kier molecular flexibility index (Phi) is 3.69. The number of hydrogen-bond donors (Lipinski definition) is 0.